The highest BCUT2D eigenvalue weighted by Crippen LogP contribution is 2.16. The maximum Gasteiger partial charge on any atom is 0.221 e. The molecule has 0 aromatic carbocycles. The summed E-state index contributed by atoms with van der Waals surface area (Å²) in [6.45, 7) is 2.41. The summed E-state index contributed by atoms with van der Waals surface area (Å²) in [5, 5.41) is 2.79. The number of carbonyl (C=O) groups excluding carboxylic acids is 1. The lowest BCUT2D eigenvalue weighted by Gasteiger charge is -2.21. The molecule has 0 spiro atoms. The number of carbonyl (C=O) groups is 1. The number of rotatable bonds is 7. The van der Waals surface area contributed by atoms with Crippen molar-refractivity contribution in [2.45, 2.75) is 25.7 Å². The fourth-order valence-electron chi connectivity index (χ4n) is 1.89. The first kappa shape index (κ1) is 15.4. The molecule has 1 fully saturated rings. The molecule has 7 heteroatoms. The van der Waals surface area contributed by atoms with Crippen molar-refractivity contribution in [3.63, 3.8) is 0 Å². The van der Waals surface area contributed by atoms with Gasteiger partial charge in [-0.25, -0.2) is 13.1 Å². The van der Waals surface area contributed by atoms with Gasteiger partial charge >= 0.3 is 0 Å². The van der Waals surface area contributed by atoms with Gasteiger partial charge in [0, 0.05) is 32.7 Å². The minimum atomic E-state index is -3.20. The van der Waals surface area contributed by atoms with Gasteiger partial charge in [-0.15, -0.1) is 0 Å². The van der Waals surface area contributed by atoms with Gasteiger partial charge in [0.2, 0.25) is 15.9 Å². The van der Waals surface area contributed by atoms with Crippen LogP contribution >= 0.6 is 0 Å². The van der Waals surface area contributed by atoms with Gasteiger partial charge in [-0.2, -0.15) is 0 Å². The zero-order chi connectivity index (χ0) is 13.4. The Labute approximate surface area is 109 Å². The van der Waals surface area contributed by atoms with Crippen LogP contribution in [0, 0.1) is 5.92 Å². The second kappa shape index (κ2) is 7.70. The van der Waals surface area contributed by atoms with E-state index in [2.05, 4.69) is 10.0 Å². The minimum Gasteiger partial charge on any atom is -0.381 e. The average molecular weight is 278 g/mol. The van der Waals surface area contributed by atoms with Gasteiger partial charge in [-0.3, -0.25) is 4.79 Å². The first-order valence-corrected chi connectivity index (χ1v) is 8.15. The number of amides is 1. The van der Waals surface area contributed by atoms with Crippen LogP contribution in [0.1, 0.15) is 25.7 Å². The second-order valence-electron chi connectivity index (χ2n) is 4.64. The summed E-state index contributed by atoms with van der Waals surface area (Å²) in [5.74, 6) is 0.413. The van der Waals surface area contributed by atoms with Crippen LogP contribution in [0.5, 0.6) is 0 Å². The van der Waals surface area contributed by atoms with Crippen molar-refractivity contribution in [2.75, 3.05) is 32.6 Å². The summed E-state index contributed by atoms with van der Waals surface area (Å²) >= 11 is 0. The Hall–Kier alpha value is -0.660. The fraction of sp³-hybridized carbons (Fsp3) is 0.909. The van der Waals surface area contributed by atoms with Crippen LogP contribution in [-0.4, -0.2) is 46.9 Å². The maximum atomic E-state index is 11.4. The smallest absolute Gasteiger partial charge is 0.221 e. The molecule has 2 N–H and O–H groups in total. The highest BCUT2D eigenvalue weighted by atomic mass is 32.2. The molecule has 6 nitrogen and oxygen atoms in total. The molecule has 1 aliphatic heterocycles. The number of ether oxygens (including phenoxy) is 1. The Morgan fingerprint density at radius 1 is 1.39 bits per heavy atom. The van der Waals surface area contributed by atoms with Crippen molar-refractivity contribution in [1.29, 1.82) is 0 Å². The first-order chi connectivity index (χ1) is 8.47. The highest BCUT2D eigenvalue weighted by molar-refractivity contribution is 7.88. The summed E-state index contributed by atoms with van der Waals surface area (Å²) in [5.41, 5.74) is 0. The molecule has 1 amide bonds. The Bertz CT molecular complexity index is 350. The van der Waals surface area contributed by atoms with Gasteiger partial charge in [0.15, 0.2) is 0 Å². The summed E-state index contributed by atoms with van der Waals surface area (Å²) < 4.78 is 29.2. The second-order valence-corrected chi connectivity index (χ2v) is 6.47. The van der Waals surface area contributed by atoms with E-state index in [0.717, 1.165) is 38.7 Å². The summed E-state index contributed by atoms with van der Waals surface area (Å²) in [6.07, 6.45) is 4.43. The lowest BCUT2D eigenvalue weighted by molar-refractivity contribution is -0.121. The first-order valence-electron chi connectivity index (χ1n) is 6.26. The summed E-state index contributed by atoms with van der Waals surface area (Å²) in [6, 6.07) is 0. The number of hydrogen-bond donors (Lipinski definition) is 2. The maximum absolute atomic E-state index is 11.4. The van der Waals surface area contributed by atoms with Crippen LogP contribution in [0.25, 0.3) is 0 Å². The van der Waals surface area contributed by atoms with Crippen LogP contribution in [0.3, 0.4) is 0 Å². The Kier molecular flexibility index (Phi) is 6.59. The van der Waals surface area contributed by atoms with E-state index in [1.54, 1.807) is 0 Å². The molecule has 0 saturated carbocycles. The lowest BCUT2D eigenvalue weighted by Crippen LogP contribution is -2.32. The van der Waals surface area contributed by atoms with Crippen LogP contribution in [0.2, 0.25) is 0 Å². The van der Waals surface area contributed by atoms with E-state index in [0.29, 0.717) is 12.5 Å². The Balaban J connectivity index is 2.02. The molecule has 0 unspecified atom stereocenters. The van der Waals surface area contributed by atoms with E-state index in [1.807, 2.05) is 0 Å². The number of nitrogens with one attached hydrogen (secondary N) is 2. The lowest BCUT2D eigenvalue weighted by atomic mass is 9.99. The number of hydrogen-bond acceptors (Lipinski definition) is 4. The summed E-state index contributed by atoms with van der Waals surface area (Å²) in [7, 11) is -3.20. The van der Waals surface area contributed by atoms with E-state index < -0.39 is 10.0 Å². The molecule has 0 aromatic heterocycles. The molecule has 0 aromatic rings. The SMILES string of the molecule is CS(=O)(=O)NCCC(=O)NCC[C@H]1CCCOC1. The average Bonchev–Trinajstić information content (AvgIpc) is 2.28. The molecule has 0 bridgehead atoms. The third kappa shape index (κ3) is 7.62. The normalized spacial score (nSPS) is 20.6. The van der Waals surface area contributed by atoms with E-state index in [-0.39, 0.29) is 18.9 Å². The molecule has 1 aliphatic rings. The highest BCUT2D eigenvalue weighted by Gasteiger charge is 2.13. The van der Waals surface area contributed by atoms with Crippen molar-refractivity contribution in [2.24, 2.45) is 5.92 Å². The monoisotopic (exact) mass is 278 g/mol. The standard InChI is InChI=1S/C11H22N2O4S/c1-18(15,16)13-7-5-11(14)12-6-4-10-3-2-8-17-9-10/h10,13H,2-9H2,1H3,(H,12,14)/t10-/m1/s1. The molecule has 1 atom stereocenters. The fourth-order valence-corrected chi connectivity index (χ4v) is 2.36. The zero-order valence-corrected chi connectivity index (χ0v) is 11.6. The molecule has 1 heterocycles. The van der Waals surface area contributed by atoms with Crippen molar-refractivity contribution in [1.82, 2.24) is 10.0 Å². The summed E-state index contributed by atoms with van der Waals surface area (Å²) in [4.78, 5) is 11.4. The Morgan fingerprint density at radius 3 is 2.78 bits per heavy atom. The van der Waals surface area contributed by atoms with Crippen LogP contribution in [0.15, 0.2) is 0 Å². The predicted octanol–water partition coefficient (Wildman–Crippen LogP) is -0.141. The van der Waals surface area contributed by atoms with E-state index in [1.165, 1.54) is 0 Å². The largest absolute Gasteiger partial charge is 0.381 e. The molecule has 1 saturated heterocycles. The van der Waals surface area contributed by atoms with Crippen LogP contribution in [0.4, 0.5) is 0 Å². The van der Waals surface area contributed by atoms with Crippen molar-refractivity contribution < 1.29 is 17.9 Å². The quantitative estimate of drug-likeness (QED) is 0.679. The third-order valence-corrected chi connectivity index (χ3v) is 3.57. The van der Waals surface area contributed by atoms with Gasteiger partial charge in [-0.05, 0) is 25.2 Å². The molecule has 106 valence electrons. The number of sulfonamides is 1. The van der Waals surface area contributed by atoms with Crippen molar-refractivity contribution >= 4 is 15.9 Å². The molecular formula is C11H22N2O4S. The van der Waals surface area contributed by atoms with Crippen LogP contribution < -0.4 is 10.0 Å². The molecule has 18 heavy (non-hydrogen) atoms. The van der Waals surface area contributed by atoms with Gasteiger partial charge in [0.25, 0.3) is 0 Å². The van der Waals surface area contributed by atoms with E-state index in [9.17, 15) is 13.2 Å². The van der Waals surface area contributed by atoms with Gasteiger partial charge in [0.05, 0.1) is 6.26 Å². The van der Waals surface area contributed by atoms with Gasteiger partial charge in [-0.1, -0.05) is 0 Å². The zero-order valence-electron chi connectivity index (χ0n) is 10.8. The van der Waals surface area contributed by atoms with E-state index >= 15 is 0 Å². The third-order valence-electron chi connectivity index (χ3n) is 2.85. The molecular weight excluding hydrogens is 256 g/mol. The van der Waals surface area contributed by atoms with Gasteiger partial charge in [0.1, 0.15) is 0 Å². The van der Waals surface area contributed by atoms with Crippen molar-refractivity contribution in [3.05, 3.63) is 0 Å². The van der Waals surface area contributed by atoms with Crippen molar-refractivity contribution in [3.8, 4) is 0 Å². The minimum absolute atomic E-state index is 0.122. The molecule has 0 radical (unpaired) electrons. The van der Waals surface area contributed by atoms with E-state index in [4.69, 9.17) is 4.74 Å². The molecule has 1 rings (SSSR count). The molecule has 0 aliphatic carbocycles. The van der Waals surface area contributed by atoms with Crippen LogP contribution in [-0.2, 0) is 19.6 Å². The topological polar surface area (TPSA) is 84.5 Å². The predicted molar refractivity (Wildman–Crippen MR) is 68.6 cm³/mol. The Morgan fingerprint density at radius 2 is 2.17 bits per heavy atom. The van der Waals surface area contributed by atoms with Gasteiger partial charge < -0.3 is 10.1 Å².